The molecule has 1 aliphatic heterocycles. The van der Waals surface area contributed by atoms with Gasteiger partial charge >= 0.3 is 0 Å². The van der Waals surface area contributed by atoms with Gasteiger partial charge in [0.15, 0.2) is 0 Å². The molecule has 1 amide bonds. The van der Waals surface area contributed by atoms with E-state index < -0.39 is 0 Å². The minimum atomic E-state index is -0.308. The Bertz CT molecular complexity index is 425. The summed E-state index contributed by atoms with van der Waals surface area (Å²) in [5, 5.41) is 3.17. The van der Waals surface area contributed by atoms with Crippen LogP contribution in [0.5, 0.6) is 0 Å². The molecule has 1 aromatic carbocycles. The number of carbonyl (C=O) groups excluding carboxylic acids is 1. The number of rotatable bonds is 2. The fourth-order valence-corrected chi connectivity index (χ4v) is 1.76. The maximum atomic E-state index is 13.3. The first kappa shape index (κ1) is 11.8. The summed E-state index contributed by atoms with van der Waals surface area (Å²) in [6.45, 7) is 3.06. The lowest BCUT2D eigenvalue weighted by Crippen LogP contribution is -2.45. The maximum absolute atomic E-state index is 13.3. The number of piperazine rings is 1. The van der Waals surface area contributed by atoms with Crippen LogP contribution in [0.2, 0.25) is 0 Å². The molecule has 0 unspecified atom stereocenters. The molecular weight excluding hydrogens is 219 g/mol. The Labute approximate surface area is 99.9 Å². The number of amides is 1. The second-order valence-corrected chi connectivity index (χ2v) is 3.93. The average molecular weight is 234 g/mol. The van der Waals surface area contributed by atoms with Gasteiger partial charge in [-0.25, -0.2) is 4.39 Å². The van der Waals surface area contributed by atoms with E-state index in [-0.39, 0.29) is 11.7 Å². The molecule has 17 heavy (non-hydrogen) atoms. The van der Waals surface area contributed by atoms with Crippen molar-refractivity contribution in [3.63, 3.8) is 0 Å². The van der Waals surface area contributed by atoms with Crippen molar-refractivity contribution >= 4 is 12.0 Å². The molecule has 2 rings (SSSR count). The van der Waals surface area contributed by atoms with Gasteiger partial charge in [-0.15, -0.1) is 0 Å². The van der Waals surface area contributed by atoms with Crippen molar-refractivity contribution in [3.8, 4) is 0 Å². The van der Waals surface area contributed by atoms with Crippen molar-refractivity contribution in [2.75, 3.05) is 26.2 Å². The van der Waals surface area contributed by atoms with E-state index in [0.717, 1.165) is 13.1 Å². The average Bonchev–Trinajstić information content (AvgIpc) is 2.38. The Hall–Kier alpha value is -1.68. The molecule has 1 heterocycles. The van der Waals surface area contributed by atoms with Gasteiger partial charge < -0.3 is 10.2 Å². The van der Waals surface area contributed by atoms with E-state index in [1.165, 1.54) is 18.2 Å². The Morgan fingerprint density at radius 2 is 2.00 bits per heavy atom. The lowest BCUT2D eigenvalue weighted by molar-refractivity contribution is -0.126. The summed E-state index contributed by atoms with van der Waals surface area (Å²) in [6, 6.07) is 6.41. The van der Waals surface area contributed by atoms with Crippen LogP contribution in [0.3, 0.4) is 0 Å². The lowest BCUT2D eigenvalue weighted by Gasteiger charge is -2.26. The number of halogens is 1. The summed E-state index contributed by atoms with van der Waals surface area (Å²) in [5.74, 6) is -0.369. The van der Waals surface area contributed by atoms with Gasteiger partial charge in [-0.3, -0.25) is 4.79 Å². The van der Waals surface area contributed by atoms with Crippen LogP contribution in [0.1, 0.15) is 5.56 Å². The van der Waals surface area contributed by atoms with Gasteiger partial charge in [0.2, 0.25) is 5.91 Å². The maximum Gasteiger partial charge on any atom is 0.246 e. The van der Waals surface area contributed by atoms with Crippen LogP contribution in [-0.2, 0) is 4.79 Å². The minimum Gasteiger partial charge on any atom is -0.337 e. The standard InChI is InChI=1S/C13H15FN2O/c14-12-4-2-1-3-11(12)5-6-13(17)16-9-7-15-8-10-16/h1-6,15H,7-10H2/b6-5+. The van der Waals surface area contributed by atoms with Crippen molar-refractivity contribution in [1.82, 2.24) is 10.2 Å². The predicted molar refractivity (Wildman–Crippen MR) is 64.9 cm³/mol. The zero-order valence-corrected chi connectivity index (χ0v) is 9.53. The quantitative estimate of drug-likeness (QED) is 0.782. The number of hydrogen-bond acceptors (Lipinski definition) is 2. The van der Waals surface area contributed by atoms with Crippen LogP contribution in [0.15, 0.2) is 30.3 Å². The molecule has 0 aliphatic carbocycles. The summed E-state index contributed by atoms with van der Waals surface area (Å²) in [6.07, 6.45) is 2.96. The zero-order valence-electron chi connectivity index (χ0n) is 9.53. The highest BCUT2D eigenvalue weighted by Crippen LogP contribution is 2.08. The molecule has 1 fully saturated rings. The first-order valence-electron chi connectivity index (χ1n) is 5.69. The summed E-state index contributed by atoms with van der Waals surface area (Å²) in [4.78, 5) is 13.5. The molecule has 1 aromatic rings. The molecule has 1 saturated heterocycles. The molecule has 0 bridgehead atoms. The number of nitrogens with one attached hydrogen (secondary N) is 1. The SMILES string of the molecule is O=C(/C=C/c1ccccc1F)N1CCNCC1. The van der Waals surface area contributed by atoms with Gasteiger partial charge in [-0.05, 0) is 12.1 Å². The third-order valence-corrected chi connectivity index (χ3v) is 2.74. The molecule has 0 saturated carbocycles. The second-order valence-electron chi connectivity index (χ2n) is 3.93. The summed E-state index contributed by atoms with van der Waals surface area (Å²) >= 11 is 0. The smallest absolute Gasteiger partial charge is 0.246 e. The van der Waals surface area contributed by atoms with Crippen LogP contribution in [0.25, 0.3) is 6.08 Å². The monoisotopic (exact) mass is 234 g/mol. The molecule has 1 aliphatic rings. The van der Waals surface area contributed by atoms with Crippen molar-refractivity contribution in [1.29, 1.82) is 0 Å². The third kappa shape index (κ3) is 3.14. The first-order chi connectivity index (χ1) is 8.27. The normalized spacial score (nSPS) is 16.4. The highest BCUT2D eigenvalue weighted by Gasteiger charge is 2.13. The highest BCUT2D eigenvalue weighted by atomic mass is 19.1. The Kier molecular flexibility index (Phi) is 3.88. The molecule has 3 nitrogen and oxygen atoms in total. The lowest BCUT2D eigenvalue weighted by atomic mass is 10.2. The second kappa shape index (κ2) is 5.59. The Balaban J connectivity index is 2.00. The third-order valence-electron chi connectivity index (χ3n) is 2.74. The predicted octanol–water partition coefficient (Wildman–Crippen LogP) is 1.27. The van der Waals surface area contributed by atoms with Crippen molar-refractivity contribution in [2.45, 2.75) is 0 Å². The van der Waals surface area contributed by atoms with E-state index in [1.54, 1.807) is 23.1 Å². The number of carbonyl (C=O) groups is 1. The largest absolute Gasteiger partial charge is 0.337 e. The van der Waals surface area contributed by atoms with Gasteiger partial charge in [0.05, 0.1) is 0 Å². The molecule has 0 radical (unpaired) electrons. The highest BCUT2D eigenvalue weighted by molar-refractivity contribution is 5.91. The molecule has 0 atom stereocenters. The van der Waals surface area contributed by atoms with Gasteiger partial charge in [-0.1, -0.05) is 18.2 Å². The number of benzene rings is 1. The fraction of sp³-hybridized carbons (Fsp3) is 0.308. The minimum absolute atomic E-state index is 0.0604. The van der Waals surface area contributed by atoms with Crippen LogP contribution < -0.4 is 5.32 Å². The van der Waals surface area contributed by atoms with E-state index in [0.29, 0.717) is 18.7 Å². The summed E-state index contributed by atoms with van der Waals surface area (Å²) in [5.41, 5.74) is 0.441. The molecule has 1 N–H and O–H groups in total. The van der Waals surface area contributed by atoms with Gasteiger partial charge in [0, 0.05) is 37.8 Å². The van der Waals surface area contributed by atoms with E-state index in [4.69, 9.17) is 0 Å². The first-order valence-corrected chi connectivity index (χ1v) is 5.69. The number of hydrogen-bond donors (Lipinski definition) is 1. The van der Waals surface area contributed by atoms with Crippen molar-refractivity contribution < 1.29 is 9.18 Å². The van der Waals surface area contributed by atoms with Crippen molar-refractivity contribution in [3.05, 3.63) is 41.7 Å². The van der Waals surface area contributed by atoms with E-state index >= 15 is 0 Å². The summed E-state index contributed by atoms with van der Waals surface area (Å²) < 4.78 is 13.3. The molecular formula is C13H15FN2O. The number of nitrogens with zero attached hydrogens (tertiary/aromatic N) is 1. The van der Waals surface area contributed by atoms with Crippen LogP contribution in [-0.4, -0.2) is 37.0 Å². The van der Waals surface area contributed by atoms with E-state index in [1.807, 2.05) is 0 Å². The Morgan fingerprint density at radius 1 is 1.29 bits per heavy atom. The van der Waals surface area contributed by atoms with E-state index in [2.05, 4.69) is 5.32 Å². The van der Waals surface area contributed by atoms with E-state index in [9.17, 15) is 9.18 Å². The molecule has 90 valence electrons. The molecule has 0 aromatic heterocycles. The summed E-state index contributed by atoms with van der Waals surface area (Å²) in [7, 11) is 0. The molecule has 0 spiro atoms. The molecule has 4 heteroatoms. The fourth-order valence-electron chi connectivity index (χ4n) is 1.76. The zero-order chi connectivity index (χ0) is 12.1. The van der Waals surface area contributed by atoms with Gasteiger partial charge in [0.1, 0.15) is 5.82 Å². The van der Waals surface area contributed by atoms with Crippen molar-refractivity contribution in [2.24, 2.45) is 0 Å². The van der Waals surface area contributed by atoms with Gasteiger partial charge in [-0.2, -0.15) is 0 Å². The van der Waals surface area contributed by atoms with Crippen LogP contribution in [0, 0.1) is 5.82 Å². The van der Waals surface area contributed by atoms with Gasteiger partial charge in [0.25, 0.3) is 0 Å². The van der Waals surface area contributed by atoms with Crippen LogP contribution in [0.4, 0.5) is 4.39 Å². The Morgan fingerprint density at radius 3 is 2.71 bits per heavy atom. The van der Waals surface area contributed by atoms with Crippen LogP contribution >= 0.6 is 0 Å². The topological polar surface area (TPSA) is 32.3 Å².